The van der Waals surface area contributed by atoms with E-state index in [-0.39, 0.29) is 11.5 Å². The second kappa shape index (κ2) is 7.50. The van der Waals surface area contributed by atoms with Crippen LogP contribution in [0.2, 0.25) is 0 Å². The largest absolute Gasteiger partial charge is 0.347 e. The highest BCUT2D eigenvalue weighted by molar-refractivity contribution is 9.10. The Balaban J connectivity index is 1.87. The van der Waals surface area contributed by atoms with E-state index in [1.807, 2.05) is 37.4 Å². The summed E-state index contributed by atoms with van der Waals surface area (Å²) in [6.45, 7) is 5.23. The lowest BCUT2D eigenvalue weighted by atomic mass is 10.2. The molecule has 0 unspecified atom stereocenters. The van der Waals surface area contributed by atoms with E-state index in [0.717, 1.165) is 15.6 Å². The van der Waals surface area contributed by atoms with Crippen LogP contribution in [-0.2, 0) is 20.1 Å². The van der Waals surface area contributed by atoms with Gasteiger partial charge in [0.05, 0.1) is 10.9 Å². The zero-order chi connectivity index (χ0) is 18.8. The number of aryl methyl sites for hydroxylation is 1. The van der Waals surface area contributed by atoms with E-state index >= 15 is 0 Å². The van der Waals surface area contributed by atoms with Crippen molar-refractivity contribution < 1.29 is 4.79 Å². The van der Waals surface area contributed by atoms with Crippen molar-refractivity contribution in [1.29, 1.82) is 0 Å². The number of carbonyl (C=O) groups excluding carboxylic acids is 1. The van der Waals surface area contributed by atoms with Crippen LogP contribution in [0.4, 0.5) is 0 Å². The summed E-state index contributed by atoms with van der Waals surface area (Å²) in [5, 5.41) is 3.49. The van der Waals surface area contributed by atoms with Gasteiger partial charge in [0.25, 0.3) is 11.5 Å². The maximum absolute atomic E-state index is 12.7. The molecule has 3 rings (SSSR count). The van der Waals surface area contributed by atoms with Gasteiger partial charge < -0.3 is 14.5 Å². The third kappa shape index (κ3) is 3.75. The van der Waals surface area contributed by atoms with Gasteiger partial charge in [-0.2, -0.15) is 0 Å². The fourth-order valence-electron chi connectivity index (χ4n) is 3.05. The van der Waals surface area contributed by atoms with Gasteiger partial charge in [0.15, 0.2) is 0 Å². The van der Waals surface area contributed by atoms with Gasteiger partial charge in [-0.3, -0.25) is 9.59 Å². The minimum Gasteiger partial charge on any atom is -0.347 e. The first-order chi connectivity index (χ1) is 12.4. The second-order valence-corrected chi connectivity index (χ2v) is 7.78. The third-order valence-electron chi connectivity index (χ3n) is 4.32. The molecule has 1 amide bonds. The predicted octanol–water partition coefficient (Wildman–Crippen LogP) is 3.69. The molecule has 6 heteroatoms. The fraction of sp³-hybridized carbons (Fsp3) is 0.300. The average Bonchev–Trinajstić information content (AvgIpc) is 2.93. The first-order valence-corrected chi connectivity index (χ1v) is 9.37. The van der Waals surface area contributed by atoms with Gasteiger partial charge in [0.1, 0.15) is 5.69 Å². The minimum atomic E-state index is -0.196. The number of fused-ring (bicyclic) bond motifs is 1. The molecule has 0 radical (unpaired) electrons. The summed E-state index contributed by atoms with van der Waals surface area (Å²) in [4.78, 5) is 25.3. The van der Waals surface area contributed by atoms with Gasteiger partial charge in [-0.25, -0.2) is 0 Å². The third-order valence-corrected chi connectivity index (χ3v) is 4.81. The number of aromatic nitrogens is 2. The number of nitrogens with zero attached hydrogens (tertiary/aromatic N) is 2. The Morgan fingerprint density at radius 2 is 2.00 bits per heavy atom. The van der Waals surface area contributed by atoms with Crippen LogP contribution in [0.25, 0.3) is 10.9 Å². The topological polar surface area (TPSA) is 56.0 Å². The quantitative estimate of drug-likeness (QED) is 0.690. The average molecular weight is 416 g/mol. The Labute approximate surface area is 160 Å². The summed E-state index contributed by atoms with van der Waals surface area (Å²) in [5.41, 5.74) is 2.20. The molecule has 26 heavy (non-hydrogen) atoms. The van der Waals surface area contributed by atoms with E-state index in [9.17, 15) is 9.59 Å². The van der Waals surface area contributed by atoms with Crippen molar-refractivity contribution in [3.05, 3.63) is 68.7 Å². The highest BCUT2D eigenvalue weighted by Crippen LogP contribution is 2.16. The summed E-state index contributed by atoms with van der Waals surface area (Å²) >= 11 is 3.43. The maximum atomic E-state index is 12.7. The molecule has 5 nitrogen and oxygen atoms in total. The van der Waals surface area contributed by atoms with Crippen molar-refractivity contribution >= 4 is 32.7 Å². The van der Waals surface area contributed by atoms with Gasteiger partial charge in [0, 0.05) is 30.8 Å². The molecule has 2 heterocycles. The Morgan fingerprint density at radius 1 is 1.23 bits per heavy atom. The van der Waals surface area contributed by atoms with E-state index in [1.54, 1.807) is 21.4 Å². The van der Waals surface area contributed by atoms with E-state index in [4.69, 9.17) is 0 Å². The summed E-state index contributed by atoms with van der Waals surface area (Å²) < 4.78 is 4.45. The van der Waals surface area contributed by atoms with E-state index in [1.165, 1.54) is 0 Å². The molecule has 1 N–H and O–H groups in total. The molecular weight excluding hydrogens is 394 g/mol. The summed E-state index contributed by atoms with van der Waals surface area (Å²) in [7, 11) is 1.81. The standard InChI is InChI=1S/C20H22BrN3O2/c1-13(2)12-24-8-7-17-16(20(24)26)10-18(23(17)3)19(25)22-11-14-5-4-6-15(21)9-14/h4-10,13H,11-12H2,1-3H3,(H,22,25). The Bertz CT molecular complexity index is 1020. The van der Waals surface area contributed by atoms with Crippen molar-refractivity contribution in [2.75, 3.05) is 0 Å². The van der Waals surface area contributed by atoms with Gasteiger partial charge in [-0.15, -0.1) is 0 Å². The monoisotopic (exact) mass is 415 g/mol. The van der Waals surface area contributed by atoms with Crippen molar-refractivity contribution in [2.45, 2.75) is 26.9 Å². The van der Waals surface area contributed by atoms with Crippen LogP contribution in [0.3, 0.4) is 0 Å². The van der Waals surface area contributed by atoms with Gasteiger partial charge >= 0.3 is 0 Å². The number of pyridine rings is 1. The normalized spacial score (nSPS) is 11.3. The van der Waals surface area contributed by atoms with E-state index in [0.29, 0.717) is 30.1 Å². The summed E-state index contributed by atoms with van der Waals surface area (Å²) in [6, 6.07) is 11.4. The van der Waals surface area contributed by atoms with Crippen LogP contribution >= 0.6 is 15.9 Å². The smallest absolute Gasteiger partial charge is 0.268 e. The summed E-state index contributed by atoms with van der Waals surface area (Å²) in [5.74, 6) is 0.181. The van der Waals surface area contributed by atoms with Gasteiger partial charge in [-0.1, -0.05) is 41.9 Å². The predicted molar refractivity (Wildman–Crippen MR) is 107 cm³/mol. The summed E-state index contributed by atoms with van der Waals surface area (Å²) in [6.07, 6.45) is 1.80. The van der Waals surface area contributed by atoms with Crippen LogP contribution in [0.5, 0.6) is 0 Å². The lowest BCUT2D eigenvalue weighted by Gasteiger charge is -2.09. The number of rotatable bonds is 5. The van der Waals surface area contributed by atoms with Crippen molar-refractivity contribution in [1.82, 2.24) is 14.5 Å². The SMILES string of the molecule is CC(C)Cn1ccc2c(cc(C(=O)NCc3cccc(Br)c3)n2C)c1=O. The molecule has 1 aromatic carbocycles. The van der Waals surface area contributed by atoms with Crippen molar-refractivity contribution in [2.24, 2.45) is 13.0 Å². The van der Waals surface area contributed by atoms with Crippen molar-refractivity contribution in [3.8, 4) is 0 Å². The molecule has 3 aromatic rings. The van der Waals surface area contributed by atoms with Crippen LogP contribution in [0, 0.1) is 5.92 Å². The highest BCUT2D eigenvalue weighted by Gasteiger charge is 2.16. The van der Waals surface area contributed by atoms with Crippen LogP contribution in [-0.4, -0.2) is 15.0 Å². The van der Waals surface area contributed by atoms with Crippen LogP contribution < -0.4 is 10.9 Å². The molecule has 0 fully saturated rings. The Morgan fingerprint density at radius 3 is 2.69 bits per heavy atom. The molecule has 0 aliphatic heterocycles. The number of benzene rings is 1. The molecule has 0 bridgehead atoms. The van der Waals surface area contributed by atoms with E-state index in [2.05, 4.69) is 35.1 Å². The molecule has 0 saturated carbocycles. The van der Waals surface area contributed by atoms with Crippen LogP contribution in [0.1, 0.15) is 29.9 Å². The fourth-order valence-corrected chi connectivity index (χ4v) is 3.50. The molecule has 136 valence electrons. The Hall–Kier alpha value is -2.34. The first kappa shape index (κ1) is 18.5. The highest BCUT2D eigenvalue weighted by atomic mass is 79.9. The zero-order valence-corrected chi connectivity index (χ0v) is 16.7. The van der Waals surface area contributed by atoms with Crippen molar-refractivity contribution in [3.63, 3.8) is 0 Å². The molecule has 0 aliphatic rings. The van der Waals surface area contributed by atoms with E-state index < -0.39 is 0 Å². The second-order valence-electron chi connectivity index (χ2n) is 6.87. The number of halogens is 1. The zero-order valence-electron chi connectivity index (χ0n) is 15.1. The maximum Gasteiger partial charge on any atom is 0.268 e. The number of hydrogen-bond acceptors (Lipinski definition) is 2. The molecule has 2 aromatic heterocycles. The Kier molecular flexibility index (Phi) is 5.32. The molecular formula is C20H22BrN3O2. The number of nitrogens with one attached hydrogen (secondary N) is 1. The number of carbonyl (C=O) groups is 1. The minimum absolute atomic E-state index is 0.0576. The molecule has 0 aliphatic carbocycles. The first-order valence-electron chi connectivity index (χ1n) is 8.58. The van der Waals surface area contributed by atoms with Crippen LogP contribution in [0.15, 0.2) is 51.9 Å². The number of amides is 1. The molecule has 0 atom stereocenters. The van der Waals surface area contributed by atoms with Gasteiger partial charge in [0.2, 0.25) is 0 Å². The van der Waals surface area contributed by atoms with Gasteiger partial charge in [-0.05, 0) is 35.7 Å². The molecule has 0 spiro atoms. The lowest BCUT2D eigenvalue weighted by Crippen LogP contribution is -2.24. The lowest BCUT2D eigenvalue weighted by molar-refractivity contribution is 0.0943. The molecule has 0 saturated heterocycles. The number of hydrogen-bond donors (Lipinski definition) is 1.